The third kappa shape index (κ3) is 3.82. The van der Waals surface area contributed by atoms with Gasteiger partial charge in [0.1, 0.15) is 0 Å². The minimum atomic E-state index is -0.636. The zero-order valence-electron chi connectivity index (χ0n) is 13.1. The smallest absolute Gasteiger partial charge is 0.310 e. The highest BCUT2D eigenvalue weighted by atomic mass is 16.4. The lowest BCUT2D eigenvalue weighted by molar-refractivity contribution is -0.153. The van der Waals surface area contributed by atoms with Gasteiger partial charge in [0.25, 0.3) is 0 Å². The predicted molar refractivity (Wildman–Crippen MR) is 83.1 cm³/mol. The number of aromatic nitrogens is 1. The molecule has 1 N–H and O–H groups in total. The van der Waals surface area contributed by atoms with Crippen LogP contribution < -0.4 is 0 Å². The highest BCUT2D eigenvalue weighted by Crippen LogP contribution is 2.35. The maximum atomic E-state index is 11.7. The average Bonchev–Trinajstić information content (AvgIpc) is 2.48. The molecule has 0 radical (unpaired) electrons. The summed E-state index contributed by atoms with van der Waals surface area (Å²) in [6.45, 7) is 6.55. The number of aliphatic carboxylic acids is 1. The van der Waals surface area contributed by atoms with E-state index < -0.39 is 11.4 Å². The molecule has 1 fully saturated rings. The number of aryl methyl sites for hydroxylation is 1. The van der Waals surface area contributed by atoms with Crippen molar-refractivity contribution in [2.75, 3.05) is 13.1 Å². The average molecular weight is 290 g/mol. The molecule has 0 saturated carbocycles. The van der Waals surface area contributed by atoms with Crippen LogP contribution >= 0.6 is 0 Å². The third-order valence-electron chi connectivity index (χ3n) is 4.52. The Labute approximate surface area is 127 Å². The molecule has 0 aliphatic carbocycles. The molecule has 0 spiro atoms. The molecule has 1 aromatic heterocycles. The quantitative estimate of drug-likeness (QED) is 0.874. The number of hydrogen-bond acceptors (Lipinski definition) is 3. The van der Waals surface area contributed by atoms with E-state index in [4.69, 9.17) is 0 Å². The molecule has 1 saturated heterocycles. The lowest BCUT2D eigenvalue weighted by atomic mass is 9.76. The second kappa shape index (κ2) is 7.03. The minimum absolute atomic E-state index is 0.559. The Morgan fingerprint density at radius 1 is 1.43 bits per heavy atom. The number of nitrogens with zero attached hydrogens (tertiary/aromatic N) is 2. The van der Waals surface area contributed by atoms with Crippen LogP contribution in [0.3, 0.4) is 0 Å². The van der Waals surface area contributed by atoms with Gasteiger partial charge in [0.05, 0.1) is 11.1 Å². The van der Waals surface area contributed by atoms with E-state index in [1.54, 1.807) is 0 Å². The Balaban J connectivity index is 2.04. The Morgan fingerprint density at radius 2 is 2.24 bits per heavy atom. The monoisotopic (exact) mass is 290 g/mol. The number of carboxylic acids is 1. The number of carboxylic acid groups (broad SMARTS) is 1. The number of piperidine rings is 1. The first kappa shape index (κ1) is 16.0. The summed E-state index contributed by atoms with van der Waals surface area (Å²) in [4.78, 5) is 18.4. The van der Waals surface area contributed by atoms with Crippen molar-refractivity contribution in [1.29, 1.82) is 0 Å². The second-order valence-electron chi connectivity index (χ2n) is 6.16. The summed E-state index contributed by atoms with van der Waals surface area (Å²) in [5.74, 6) is -0.636. The number of likely N-dealkylation sites (tertiary alicyclic amines) is 1. The topological polar surface area (TPSA) is 53.4 Å². The van der Waals surface area contributed by atoms with Gasteiger partial charge in [0.2, 0.25) is 0 Å². The van der Waals surface area contributed by atoms with Crippen LogP contribution in [0.15, 0.2) is 18.3 Å². The zero-order chi connectivity index (χ0) is 15.3. The van der Waals surface area contributed by atoms with E-state index >= 15 is 0 Å². The first-order valence-corrected chi connectivity index (χ1v) is 7.99. The van der Waals surface area contributed by atoms with Crippen molar-refractivity contribution >= 4 is 5.97 Å². The van der Waals surface area contributed by atoms with E-state index in [2.05, 4.69) is 35.9 Å². The number of carbonyl (C=O) groups is 1. The van der Waals surface area contributed by atoms with Gasteiger partial charge in [-0.15, -0.1) is 0 Å². The summed E-state index contributed by atoms with van der Waals surface area (Å²) in [5, 5.41) is 9.63. The first-order valence-electron chi connectivity index (χ1n) is 7.99. The molecule has 0 unspecified atom stereocenters. The lowest BCUT2D eigenvalue weighted by Gasteiger charge is -2.39. The van der Waals surface area contributed by atoms with Gasteiger partial charge >= 0.3 is 5.97 Å². The van der Waals surface area contributed by atoms with Crippen molar-refractivity contribution < 1.29 is 9.90 Å². The summed E-state index contributed by atoms with van der Waals surface area (Å²) in [5.41, 5.74) is 1.71. The van der Waals surface area contributed by atoms with Crippen molar-refractivity contribution in [3.8, 4) is 0 Å². The van der Waals surface area contributed by atoms with E-state index in [1.165, 1.54) is 5.56 Å². The summed E-state index contributed by atoms with van der Waals surface area (Å²) in [6, 6.07) is 4.18. The van der Waals surface area contributed by atoms with Gasteiger partial charge < -0.3 is 5.11 Å². The van der Waals surface area contributed by atoms with Crippen molar-refractivity contribution in [3.05, 3.63) is 29.6 Å². The van der Waals surface area contributed by atoms with Crippen LogP contribution in [0.4, 0.5) is 0 Å². The Kier molecular flexibility index (Phi) is 5.34. The highest BCUT2D eigenvalue weighted by Gasteiger charge is 2.41. The Morgan fingerprint density at radius 3 is 2.81 bits per heavy atom. The van der Waals surface area contributed by atoms with Gasteiger partial charge in [-0.05, 0) is 43.9 Å². The van der Waals surface area contributed by atoms with Crippen molar-refractivity contribution in [3.63, 3.8) is 0 Å². The van der Waals surface area contributed by atoms with E-state index in [1.807, 2.05) is 6.20 Å². The van der Waals surface area contributed by atoms with E-state index in [-0.39, 0.29) is 0 Å². The van der Waals surface area contributed by atoms with Gasteiger partial charge in [-0.25, -0.2) is 0 Å². The summed E-state index contributed by atoms with van der Waals surface area (Å²) in [6.07, 6.45) is 6.37. The van der Waals surface area contributed by atoms with Crippen LogP contribution in [-0.4, -0.2) is 34.0 Å². The Hall–Kier alpha value is -1.42. The molecule has 0 amide bonds. The standard InChI is InChI=1S/C17H26N2O2/c1-3-8-17(16(20)21)9-5-10-19(13-17)12-15-7-6-14(4-2)11-18-15/h6-7,11H,3-5,8-10,12-13H2,1-2H3,(H,20,21)/t17-/m1/s1. The Bertz CT molecular complexity index is 468. The molecule has 0 bridgehead atoms. The number of hydrogen-bond donors (Lipinski definition) is 1. The van der Waals surface area contributed by atoms with Gasteiger partial charge in [-0.1, -0.05) is 26.3 Å². The van der Waals surface area contributed by atoms with Crippen molar-refractivity contribution in [2.24, 2.45) is 5.41 Å². The van der Waals surface area contributed by atoms with Gasteiger partial charge in [-0.2, -0.15) is 0 Å². The number of pyridine rings is 1. The molecule has 4 heteroatoms. The van der Waals surface area contributed by atoms with Crippen molar-refractivity contribution in [2.45, 2.75) is 52.5 Å². The summed E-state index contributed by atoms with van der Waals surface area (Å²) >= 11 is 0. The van der Waals surface area contributed by atoms with Crippen LogP contribution in [0.25, 0.3) is 0 Å². The fraction of sp³-hybridized carbons (Fsp3) is 0.647. The van der Waals surface area contributed by atoms with E-state index in [0.29, 0.717) is 6.54 Å². The molecular weight excluding hydrogens is 264 g/mol. The number of rotatable bonds is 6. The fourth-order valence-corrected chi connectivity index (χ4v) is 3.31. The van der Waals surface area contributed by atoms with Gasteiger partial charge in [0, 0.05) is 19.3 Å². The molecule has 21 heavy (non-hydrogen) atoms. The molecule has 0 aromatic carbocycles. The molecule has 2 rings (SSSR count). The van der Waals surface area contributed by atoms with Gasteiger partial charge in [-0.3, -0.25) is 14.7 Å². The first-order chi connectivity index (χ1) is 10.1. The molecule has 1 atom stereocenters. The zero-order valence-corrected chi connectivity index (χ0v) is 13.1. The van der Waals surface area contributed by atoms with Crippen molar-refractivity contribution in [1.82, 2.24) is 9.88 Å². The van der Waals surface area contributed by atoms with Crippen LogP contribution in [0.2, 0.25) is 0 Å². The second-order valence-corrected chi connectivity index (χ2v) is 6.16. The molecule has 1 aromatic rings. The van der Waals surface area contributed by atoms with Crippen LogP contribution in [0, 0.1) is 5.41 Å². The summed E-state index contributed by atoms with van der Waals surface area (Å²) in [7, 11) is 0. The normalized spacial score (nSPS) is 23.1. The molecular formula is C17H26N2O2. The van der Waals surface area contributed by atoms with Crippen LogP contribution in [0.5, 0.6) is 0 Å². The lowest BCUT2D eigenvalue weighted by Crippen LogP contribution is -2.47. The summed E-state index contributed by atoms with van der Waals surface area (Å²) < 4.78 is 0. The third-order valence-corrected chi connectivity index (χ3v) is 4.52. The molecule has 2 heterocycles. The fourth-order valence-electron chi connectivity index (χ4n) is 3.31. The largest absolute Gasteiger partial charge is 0.481 e. The van der Waals surface area contributed by atoms with Crippen LogP contribution in [-0.2, 0) is 17.8 Å². The van der Waals surface area contributed by atoms with E-state index in [0.717, 1.165) is 50.9 Å². The van der Waals surface area contributed by atoms with Crippen LogP contribution in [0.1, 0.15) is 50.8 Å². The minimum Gasteiger partial charge on any atom is -0.481 e. The van der Waals surface area contributed by atoms with E-state index in [9.17, 15) is 9.90 Å². The highest BCUT2D eigenvalue weighted by molar-refractivity contribution is 5.75. The molecule has 116 valence electrons. The maximum Gasteiger partial charge on any atom is 0.310 e. The maximum absolute atomic E-state index is 11.7. The predicted octanol–water partition coefficient (Wildman–Crippen LogP) is 3.11. The molecule has 1 aliphatic rings. The molecule has 1 aliphatic heterocycles. The van der Waals surface area contributed by atoms with Gasteiger partial charge in [0.15, 0.2) is 0 Å². The molecule has 4 nitrogen and oxygen atoms in total. The SMILES string of the molecule is CCC[C@@]1(C(=O)O)CCCN(Cc2ccc(CC)cn2)C1.